The summed E-state index contributed by atoms with van der Waals surface area (Å²) < 4.78 is 0. The van der Waals surface area contributed by atoms with E-state index >= 15 is 0 Å². The van der Waals surface area contributed by atoms with Crippen LogP contribution in [0.3, 0.4) is 0 Å². The van der Waals surface area contributed by atoms with Crippen molar-refractivity contribution in [2.45, 2.75) is 43.4 Å². The van der Waals surface area contributed by atoms with E-state index in [1.54, 1.807) is 0 Å². The molecule has 0 aromatic heterocycles. The molecular weight excluding hydrogens is 392 g/mol. The monoisotopic (exact) mass is 420 g/mol. The van der Waals surface area contributed by atoms with Crippen LogP contribution in [0.4, 0.5) is 5.69 Å². The van der Waals surface area contributed by atoms with Crippen molar-refractivity contribution < 1.29 is 9.59 Å². The van der Waals surface area contributed by atoms with Crippen molar-refractivity contribution in [1.29, 1.82) is 0 Å². The Kier molecular flexibility index (Phi) is 6.90. The number of fused-ring (bicyclic) bond motifs is 1. The van der Waals surface area contributed by atoms with Crippen LogP contribution in [0.25, 0.3) is 0 Å². The first-order chi connectivity index (χ1) is 14.7. The molecule has 0 radical (unpaired) electrons. The van der Waals surface area contributed by atoms with Crippen LogP contribution < -0.4 is 10.2 Å². The van der Waals surface area contributed by atoms with Crippen molar-refractivity contribution in [2.24, 2.45) is 0 Å². The van der Waals surface area contributed by atoms with Crippen molar-refractivity contribution >= 4 is 29.3 Å². The fourth-order valence-electron chi connectivity index (χ4n) is 4.16. The van der Waals surface area contributed by atoms with Crippen molar-refractivity contribution in [3.05, 3.63) is 71.3 Å². The molecule has 0 saturated carbocycles. The zero-order valence-electron chi connectivity index (χ0n) is 17.2. The van der Waals surface area contributed by atoms with Crippen molar-refractivity contribution in [3.8, 4) is 0 Å². The minimum Gasteiger partial charge on any atom is -0.352 e. The van der Waals surface area contributed by atoms with E-state index in [0.717, 1.165) is 42.8 Å². The number of anilines is 1. The van der Waals surface area contributed by atoms with E-state index < -0.39 is 0 Å². The number of hydrogen-bond donors (Lipinski definition) is 1. The molecule has 2 aliphatic rings. The Morgan fingerprint density at radius 1 is 1.00 bits per heavy atom. The second-order valence-electron chi connectivity index (χ2n) is 7.82. The van der Waals surface area contributed by atoms with E-state index in [1.165, 1.54) is 35.7 Å². The quantitative estimate of drug-likeness (QED) is 0.507. The molecule has 4 nitrogen and oxygen atoms in total. The van der Waals surface area contributed by atoms with Crippen LogP contribution in [-0.4, -0.2) is 30.7 Å². The maximum absolute atomic E-state index is 12.8. The Balaban J connectivity index is 1.33. The molecule has 0 fully saturated rings. The largest absolute Gasteiger partial charge is 0.352 e. The average molecular weight is 421 g/mol. The maximum Gasteiger partial charge on any atom is 0.252 e. The summed E-state index contributed by atoms with van der Waals surface area (Å²) in [5, 5.41) is 3.05. The summed E-state index contributed by atoms with van der Waals surface area (Å²) in [7, 11) is 0. The highest BCUT2D eigenvalue weighted by Gasteiger charge is 2.24. The lowest BCUT2D eigenvalue weighted by Crippen LogP contribution is -2.30. The summed E-state index contributed by atoms with van der Waals surface area (Å²) in [5.41, 5.74) is 4.35. The number of rotatable bonds is 7. The molecular formula is C25H28N2O2S. The van der Waals surface area contributed by atoms with Crippen LogP contribution >= 0.6 is 11.8 Å². The molecule has 5 heteroatoms. The highest BCUT2D eigenvalue weighted by molar-refractivity contribution is 8.00. The molecule has 30 heavy (non-hydrogen) atoms. The van der Waals surface area contributed by atoms with E-state index in [1.807, 2.05) is 47.4 Å². The van der Waals surface area contributed by atoms with Gasteiger partial charge in [0.25, 0.3) is 5.91 Å². The van der Waals surface area contributed by atoms with E-state index in [0.29, 0.717) is 17.9 Å². The van der Waals surface area contributed by atoms with E-state index in [-0.39, 0.29) is 11.8 Å². The number of amides is 2. The molecule has 0 saturated heterocycles. The fourth-order valence-corrected chi connectivity index (χ4v) is 5.08. The Morgan fingerprint density at radius 3 is 2.70 bits per heavy atom. The molecule has 1 aliphatic heterocycles. The Hall–Kier alpha value is -2.53. The predicted molar refractivity (Wildman–Crippen MR) is 123 cm³/mol. The fraction of sp³-hybridized carbons (Fsp3) is 0.360. The molecule has 0 atom stereocenters. The van der Waals surface area contributed by atoms with Gasteiger partial charge in [-0.2, -0.15) is 0 Å². The van der Waals surface area contributed by atoms with Crippen molar-refractivity contribution in [2.75, 3.05) is 23.7 Å². The van der Waals surface area contributed by atoms with Crippen LogP contribution in [0.1, 0.15) is 48.0 Å². The topological polar surface area (TPSA) is 49.4 Å². The highest BCUT2D eigenvalue weighted by Crippen LogP contribution is 2.29. The second kappa shape index (κ2) is 9.98. The van der Waals surface area contributed by atoms with Crippen LogP contribution in [0.5, 0.6) is 0 Å². The minimum absolute atomic E-state index is 0.0616. The lowest BCUT2D eigenvalue weighted by molar-refractivity contribution is -0.116. The van der Waals surface area contributed by atoms with Crippen molar-refractivity contribution in [1.82, 2.24) is 5.32 Å². The summed E-state index contributed by atoms with van der Waals surface area (Å²) in [4.78, 5) is 28.3. The summed E-state index contributed by atoms with van der Waals surface area (Å²) in [6, 6.07) is 15.6. The predicted octanol–water partition coefficient (Wildman–Crippen LogP) is 4.99. The third kappa shape index (κ3) is 4.96. The Morgan fingerprint density at radius 2 is 1.83 bits per heavy atom. The third-order valence-corrected chi connectivity index (χ3v) is 6.85. The Bertz CT molecular complexity index is 954. The summed E-state index contributed by atoms with van der Waals surface area (Å²) in [6.45, 7) is 1.39. The first kappa shape index (κ1) is 20.7. The maximum atomic E-state index is 12.8. The molecule has 156 valence electrons. The molecule has 2 aromatic carbocycles. The third-order valence-electron chi connectivity index (χ3n) is 5.79. The van der Waals surface area contributed by atoms with Gasteiger partial charge in [0.1, 0.15) is 0 Å². The smallest absolute Gasteiger partial charge is 0.252 e. The molecule has 2 aromatic rings. The molecule has 1 heterocycles. The van der Waals surface area contributed by atoms with E-state index in [9.17, 15) is 9.59 Å². The number of benzene rings is 2. The van der Waals surface area contributed by atoms with Crippen LogP contribution in [0.2, 0.25) is 0 Å². The van der Waals surface area contributed by atoms with Gasteiger partial charge in [-0.25, -0.2) is 0 Å². The molecule has 1 aliphatic carbocycles. The first-order valence-electron chi connectivity index (χ1n) is 10.8. The molecule has 2 amide bonds. The van der Waals surface area contributed by atoms with Gasteiger partial charge in [0, 0.05) is 23.7 Å². The van der Waals surface area contributed by atoms with E-state index in [4.69, 9.17) is 0 Å². The normalized spacial score (nSPS) is 15.5. The minimum atomic E-state index is -0.0616. The van der Waals surface area contributed by atoms with Gasteiger partial charge in [-0.05, 0) is 62.3 Å². The number of carbonyl (C=O) groups excluding carboxylic acids is 2. The number of allylic oxidation sites excluding steroid dienone is 1. The SMILES string of the molecule is O=C(NCCC1=CCCCC1)c1ccccc1SCC(=O)N1CCc2ccccc21. The number of nitrogens with zero attached hydrogens (tertiary/aromatic N) is 1. The molecule has 0 spiro atoms. The molecule has 0 bridgehead atoms. The summed E-state index contributed by atoms with van der Waals surface area (Å²) >= 11 is 1.44. The second-order valence-corrected chi connectivity index (χ2v) is 8.84. The van der Waals surface area contributed by atoms with Gasteiger partial charge in [-0.1, -0.05) is 42.0 Å². The number of thioether (sulfide) groups is 1. The summed E-state index contributed by atoms with van der Waals surface area (Å²) in [6.07, 6.45) is 9.01. The first-order valence-corrected chi connectivity index (χ1v) is 11.8. The van der Waals surface area contributed by atoms with Gasteiger partial charge in [0.2, 0.25) is 5.91 Å². The zero-order valence-corrected chi connectivity index (χ0v) is 18.0. The zero-order chi connectivity index (χ0) is 20.8. The van der Waals surface area contributed by atoms with Gasteiger partial charge < -0.3 is 10.2 Å². The Labute approximate surface area is 182 Å². The van der Waals surface area contributed by atoms with Crippen LogP contribution in [0.15, 0.2) is 65.1 Å². The van der Waals surface area contributed by atoms with Gasteiger partial charge in [0.05, 0.1) is 11.3 Å². The van der Waals surface area contributed by atoms with Gasteiger partial charge in [0.15, 0.2) is 0 Å². The van der Waals surface area contributed by atoms with Crippen molar-refractivity contribution in [3.63, 3.8) is 0 Å². The van der Waals surface area contributed by atoms with Gasteiger partial charge in [-0.15, -0.1) is 11.8 Å². The average Bonchev–Trinajstić information content (AvgIpc) is 3.23. The van der Waals surface area contributed by atoms with Gasteiger partial charge >= 0.3 is 0 Å². The summed E-state index contributed by atoms with van der Waals surface area (Å²) in [5.74, 6) is 0.351. The van der Waals surface area contributed by atoms with Gasteiger partial charge in [-0.3, -0.25) is 9.59 Å². The van der Waals surface area contributed by atoms with E-state index in [2.05, 4.69) is 17.5 Å². The number of hydrogen-bond acceptors (Lipinski definition) is 3. The van der Waals surface area contributed by atoms with Crippen LogP contribution in [0, 0.1) is 0 Å². The molecule has 0 unspecified atom stereocenters. The lowest BCUT2D eigenvalue weighted by Gasteiger charge is -2.17. The number of carbonyl (C=O) groups is 2. The molecule has 1 N–H and O–H groups in total. The number of nitrogens with one attached hydrogen (secondary N) is 1. The van der Waals surface area contributed by atoms with Crippen LogP contribution in [-0.2, 0) is 11.2 Å². The highest BCUT2D eigenvalue weighted by atomic mass is 32.2. The molecule has 4 rings (SSSR count). The standard InChI is InChI=1S/C25H28N2O2S/c28-24(27-17-15-20-10-4-6-12-22(20)27)18-30-23-13-7-5-11-21(23)25(29)26-16-14-19-8-2-1-3-9-19/h4-8,10-13H,1-3,9,14-18H2,(H,26,29). The number of para-hydroxylation sites is 1. The lowest BCUT2D eigenvalue weighted by atomic mass is 9.97.